The van der Waals surface area contributed by atoms with Crippen LogP contribution in [0.3, 0.4) is 0 Å². The third-order valence-electron chi connectivity index (χ3n) is 7.44. The van der Waals surface area contributed by atoms with Gasteiger partial charge in [-0.05, 0) is 76.4 Å². The number of nitrogens with two attached hydrogens (primary N) is 1. The van der Waals surface area contributed by atoms with E-state index < -0.39 is 0 Å². The Labute approximate surface area is 193 Å². The Morgan fingerprint density at radius 1 is 0.938 bits per heavy atom. The van der Waals surface area contributed by atoms with Crippen LogP contribution in [0.5, 0.6) is 0 Å². The first-order valence-electron chi connectivity index (χ1n) is 13.0. The van der Waals surface area contributed by atoms with Gasteiger partial charge in [0.1, 0.15) is 11.6 Å². The maximum atomic E-state index is 6.06. The fourth-order valence-corrected chi connectivity index (χ4v) is 5.42. The summed E-state index contributed by atoms with van der Waals surface area (Å²) in [6.45, 7) is 8.33. The average molecular weight is 445 g/mol. The van der Waals surface area contributed by atoms with Crippen molar-refractivity contribution in [3.05, 3.63) is 6.07 Å². The fourth-order valence-electron chi connectivity index (χ4n) is 5.42. The first kappa shape index (κ1) is 23.5. The normalized spacial score (nSPS) is 24.7. The van der Waals surface area contributed by atoms with E-state index in [0.717, 1.165) is 57.0 Å². The van der Waals surface area contributed by atoms with Crippen LogP contribution in [-0.2, 0) is 0 Å². The van der Waals surface area contributed by atoms with E-state index in [-0.39, 0.29) is 0 Å². The summed E-state index contributed by atoms with van der Waals surface area (Å²) in [6, 6.07) is 2.68. The van der Waals surface area contributed by atoms with E-state index in [1.54, 1.807) is 0 Å². The summed E-state index contributed by atoms with van der Waals surface area (Å²) in [6.07, 6.45) is 12.1. The molecular formula is C24H44N8. The van der Waals surface area contributed by atoms with Crippen molar-refractivity contribution in [3.8, 4) is 0 Å². The predicted octanol–water partition coefficient (Wildman–Crippen LogP) is 2.20. The summed E-state index contributed by atoms with van der Waals surface area (Å²) in [5, 5.41) is 14.3. The first-order valence-corrected chi connectivity index (χ1v) is 13.0. The molecule has 2 heterocycles. The third kappa shape index (κ3) is 7.46. The summed E-state index contributed by atoms with van der Waals surface area (Å²) in [5.41, 5.74) is 6.06. The number of anilines is 3. The number of aromatic nitrogens is 2. The van der Waals surface area contributed by atoms with Crippen LogP contribution in [0.4, 0.5) is 17.6 Å². The summed E-state index contributed by atoms with van der Waals surface area (Å²) in [4.78, 5) is 11.4. The first-order chi connectivity index (χ1) is 15.8. The van der Waals surface area contributed by atoms with Gasteiger partial charge in [0.05, 0.1) is 0 Å². The van der Waals surface area contributed by atoms with Gasteiger partial charge in [-0.15, -0.1) is 0 Å². The van der Waals surface area contributed by atoms with Gasteiger partial charge in [0.25, 0.3) is 0 Å². The minimum absolute atomic E-state index is 0.546. The Bertz CT molecular complexity index is 664. The van der Waals surface area contributed by atoms with Gasteiger partial charge in [-0.3, -0.25) is 0 Å². The molecule has 0 amide bonds. The molecule has 0 spiro atoms. The molecule has 6 N–H and O–H groups in total. The van der Waals surface area contributed by atoms with Crippen LogP contribution < -0.4 is 31.9 Å². The second kappa shape index (κ2) is 12.6. The summed E-state index contributed by atoms with van der Waals surface area (Å²) in [7, 11) is 0. The molecule has 180 valence electrons. The number of rotatable bonds is 11. The highest BCUT2D eigenvalue weighted by molar-refractivity contribution is 5.51. The van der Waals surface area contributed by atoms with Gasteiger partial charge < -0.3 is 31.9 Å². The minimum atomic E-state index is 0.546. The molecule has 1 aromatic rings. The maximum Gasteiger partial charge on any atom is 0.226 e. The Morgan fingerprint density at radius 3 is 2.41 bits per heavy atom. The lowest BCUT2D eigenvalue weighted by molar-refractivity contribution is 0.275. The van der Waals surface area contributed by atoms with Crippen LogP contribution in [0.25, 0.3) is 0 Å². The van der Waals surface area contributed by atoms with Crippen LogP contribution >= 0.6 is 0 Å². The Morgan fingerprint density at radius 2 is 1.66 bits per heavy atom. The summed E-state index contributed by atoms with van der Waals surface area (Å²) in [5.74, 6) is 3.69. The molecule has 8 nitrogen and oxygen atoms in total. The van der Waals surface area contributed by atoms with Gasteiger partial charge >= 0.3 is 0 Å². The van der Waals surface area contributed by atoms with Crippen LogP contribution in [0.1, 0.15) is 57.8 Å². The highest BCUT2D eigenvalue weighted by Crippen LogP contribution is 2.28. The molecule has 1 aromatic heterocycles. The zero-order valence-corrected chi connectivity index (χ0v) is 19.7. The van der Waals surface area contributed by atoms with Crippen LogP contribution in [0.15, 0.2) is 6.07 Å². The standard InChI is InChI=1S/C24H44N8/c25-22-16-23(32-14-12-26-13-15-32)31-24(30-22)29-18-20-8-6-19(7-9-20)17-27-10-3-11-28-21-4-1-2-5-21/h16,19-21,26-28H,1-15,17-18H2,(H3,25,29,30,31)/t19-,20-. The number of hydrogen-bond donors (Lipinski definition) is 5. The Kier molecular flexibility index (Phi) is 9.23. The number of piperazine rings is 1. The van der Waals surface area contributed by atoms with Gasteiger partial charge in [0.2, 0.25) is 5.95 Å². The summed E-state index contributed by atoms with van der Waals surface area (Å²) >= 11 is 0. The minimum Gasteiger partial charge on any atom is -0.383 e. The van der Waals surface area contributed by atoms with E-state index in [4.69, 9.17) is 10.7 Å². The van der Waals surface area contributed by atoms with Crippen molar-refractivity contribution in [1.82, 2.24) is 25.9 Å². The molecule has 2 saturated carbocycles. The smallest absolute Gasteiger partial charge is 0.226 e. The van der Waals surface area contributed by atoms with Crippen molar-refractivity contribution in [2.45, 2.75) is 63.8 Å². The lowest BCUT2D eigenvalue weighted by Crippen LogP contribution is -2.44. The second-order valence-electron chi connectivity index (χ2n) is 9.97. The Hall–Kier alpha value is -1.64. The molecule has 0 aromatic carbocycles. The van der Waals surface area contributed by atoms with Gasteiger partial charge in [0.15, 0.2) is 0 Å². The predicted molar refractivity (Wildman–Crippen MR) is 133 cm³/mol. The van der Waals surface area contributed by atoms with Crippen LogP contribution in [0, 0.1) is 11.8 Å². The fraction of sp³-hybridized carbons (Fsp3) is 0.833. The van der Waals surface area contributed by atoms with E-state index in [1.165, 1.54) is 70.9 Å². The molecule has 0 radical (unpaired) electrons. The molecule has 3 aliphatic rings. The number of hydrogen-bond acceptors (Lipinski definition) is 8. The summed E-state index contributed by atoms with van der Waals surface area (Å²) < 4.78 is 0. The lowest BCUT2D eigenvalue weighted by Gasteiger charge is -2.30. The number of nitrogens with zero attached hydrogens (tertiary/aromatic N) is 3. The lowest BCUT2D eigenvalue weighted by atomic mass is 9.82. The molecular weight excluding hydrogens is 400 g/mol. The highest BCUT2D eigenvalue weighted by atomic mass is 15.3. The van der Waals surface area contributed by atoms with Crippen molar-refractivity contribution in [1.29, 1.82) is 0 Å². The highest BCUT2D eigenvalue weighted by Gasteiger charge is 2.21. The van der Waals surface area contributed by atoms with E-state index in [1.807, 2.05) is 6.07 Å². The molecule has 0 atom stereocenters. The molecule has 0 bridgehead atoms. The zero-order chi connectivity index (χ0) is 22.0. The monoisotopic (exact) mass is 444 g/mol. The average Bonchev–Trinajstić information content (AvgIpc) is 3.34. The van der Waals surface area contributed by atoms with Crippen molar-refractivity contribution in [2.24, 2.45) is 11.8 Å². The topological polar surface area (TPSA) is 103 Å². The van der Waals surface area contributed by atoms with Gasteiger partial charge in [-0.25, -0.2) is 0 Å². The van der Waals surface area contributed by atoms with Crippen molar-refractivity contribution >= 4 is 17.6 Å². The van der Waals surface area contributed by atoms with E-state index in [2.05, 4.69) is 31.2 Å². The van der Waals surface area contributed by atoms with E-state index in [9.17, 15) is 0 Å². The van der Waals surface area contributed by atoms with Crippen LogP contribution in [0.2, 0.25) is 0 Å². The number of nitrogens with one attached hydrogen (secondary N) is 4. The zero-order valence-electron chi connectivity index (χ0n) is 19.7. The molecule has 32 heavy (non-hydrogen) atoms. The largest absolute Gasteiger partial charge is 0.383 e. The SMILES string of the molecule is Nc1cc(N2CCNCC2)nc(NC[C@H]2CC[C@H](CNCCCNC3CCCC3)CC2)n1. The van der Waals surface area contributed by atoms with E-state index in [0.29, 0.717) is 17.7 Å². The maximum absolute atomic E-state index is 6.06. The molecule has 1 aliphatic heterocycles. The van der Waals surface area contributed by atoms with Gasteiger partial charge in [0, 0.05) is 44.8 Å². The van der Waals surface area contributed by atoms with E-state index >= 15 is 0 Å². The van der Waals surface area contributed by atoms with Gasteiger partial charge in [-0.1, -0.05) is 12.8 Å². The molecule has 2 aliphatic carbocycles. The molecule has 0 unspecified atom stereocenters. The third-order valence-corrected chi connectivity index (χ3v) is 7.44. The van der Waals surface area contributed by atoms with Crippen LogP contribution in [-0.4, -0.2) is 68.4 Å². The van der Waals surface area contributed by atoms with Crippen molar-refractivity contribution in [3.63, 3.8) is 0 Å². The second-order valence-corrected chi connectivity index (χ2v) is 9.97. The molecule has 4 rings (SSSR count). The van der Waals surface area contributed by atoms with Gasteiger partial charge in [-0.2, -0.15) is 9.97 Å². The molecule has 3 fully saturated rings. The molecule has 8 heteroatoms. The van der Waals surface area contributed by atoms with Crippen molar-refractivity contribution < 1.29 is 0 Å². The quantitative estimate of drug-likeness (QED) is 0.331. The number of nitrogen functional groups attached to an aromatic ring is 1. The Balaban J connectivity index is 1.09. The molecule has 1 saturated heterocycles. The van der Waals surface area contributed by atoms with Crippen molar-refractivity contribution in [2.75, 3.05) is 68.3 Å².